The van der Waals surface area contributed by atoms with Crippen molar-refractivity contribution >= 4 is 29.2 Å². The van der Waals surface area contributed by atoms with Gasteiger partial charge in [0.1, 0.15) is 6.04 Å². The standard InChI is InChI=1S/C15H21N3O3.C2H4O2/c1-17(2)12-6-4-11(5-7-12)16-13-10-14(19)18(15(13)20)8-9-21-3;1-2(3)4/h4-7,13,16H,8-10H2,1-3H3;1H3,(H,3,4). The molecule has 1 unspecified atom stereocenters. The molecule has 1 aromatic carbocycles. The van der Waals surface area contributed by atoms with Crippen molar-refractivity contribution in [2.75, 3.05) is 44.6 Å². The molecule has 8 heteroatoms. The summed E-state index contributed by atoms with van der Waals surface area (Å²) in [6.07, 6.45) is 0.192. The van der Waals surface area contributed by atoms with Gasteiger partial charge in [0, 0.05) is 39.5 Å². The van der Waals surface area contributed by atoms with E-state index in [2.05, 4.69) is 5.32 Å². The van der Waals surface area contributed by atoms with Crippen molar-refractivity contribution in [3.63, 3.8) is 0 Å². The number of carbonyl (C=O) groups is 3. The first kappa shape index (κ1) is 20.4. The summed E-state index contributed by atoms with van der Waals surface area (Å²) in [6, 6.07) is 7.26. The van der Waals surface area contributed by atoms with E-state index in [9.17, 15) is 9.59 Å². The molecule has 1 saturated heterocycles. The molecular formula is C17H25N3O5. The van der Waals surface area contributed by atoms with Gasteiger partial charge in [0.2, 0.25) is 5.91 Å². The molecule has 0 spiro atoms. The zero-order valence-electron chi connectivity index (χ0n) is 15.0. The second-order valence-corrected chi connectivity index (χ2v) is 5.74. The van der Waals surface area contributed by atoms with Gasteiger partial charge in [-0.3, -0.25) is 19.3 Å². The molecule has 1 aliphatic rings. The van der Waals surface area contributed by atoms with Crippen molar-refractivity contribution in [2.24, 2.45) is 0 Å². The van der Waals surface area contributed by atoms with Crippen LogP contribution >= 0.6 is 0 Å². The summed E-state index contributed by atoms with van der Waals surface area (Å²) < 4.78 is 4.92. The van der Waals surface area contributed by atoms with Crippen LogP contribution < -0.4 is 10.2 Å². The number of nitrogens with one attached hydrogen (secondary N) is 1. The first-order valence-corrected chi connectivity index (χ1v) is 7.82. The van der Waals surface area contributed by atoms with Crippen LogP contribution in [0.25, 0.3) is 0 Å². The number of methoxy groups -OCH3 is 1. The van der Waals surface area contributed by atoms with Gasteiger partial charge in [0.25, 0.3) is 11.9 Å². The summed E-state index contributed by atoms with van der Waals surface area (Å²) in [5.41, 5.74) is 1.91. The molecule has 1 atom stereocenters. The maximum absolute atomic E-state index is 12.2. The van der Waals surface area contributed by atoms with Crippen LogP contribution in [0.3, 0.4) is 0 Å². The van der Waals surface area contributed by atoms with E-state index in [1.165, 1.54) is 4.90 Å². The second-order valence-electron chi connectivity index (χ2n) is 5.74. The molecule has 1 aromatic rings. The lowest BCUT2D eigenvalue weighted by Crippen LogP contribution is -2.36. The highest BCUT2D eigenvalue weighted by molar-refractivity contribution is 6.06. The number of aliphatic carboxylic acids is 1. The molecule has 2 amide bonds. The number of carboxylic acid groups (broad SMARTS) is 1. The Bertz CT molecular complexity index is 597. The van der Waals surface area contributed by atoms with Gasteiger partial charge in [-0.2, -0.15) is 0 Å². The minimum Gasteiger partial charge on any atom is -0.481 e. The van der Waals surface area contributed by atoms with Gasteiger partial charge >= 0.3 is 0 Å². The Balaban J connectivity index is 0.000000705. The lowest BCUT2D eigenvalue weighted by atomic mass is 10.2. The van der Waals surface area contributed by atoms with Crippen LogP contribution in [0.15, 0.2) is 24.3 Å². The Morgan fingerprint density at radius 3 is 2.36 bits per heavy atom. The Morgan fingerprint density at radius 1 is 1.32 bits per heavy atom. The maximum atomic E-state index is 12.2. The van der Waals surface area contributed by atoms with E-state index in [-0.39, 0.29) is 18.2 Å². The van der Waals surface area contributed by atoms with Crippen LogP contribution in [-0.4, -0.2) is 68.2 Å². The van der Waals surface area contributed by atoms with E-state index < -0.39 is 12.0 Å². The Morgan fingerprint density at radius 2 is 1.88 bits per heavy atom. The molecule has 138 valence electrons. The largest absolute Gasteiger partial charge is 0.481 e. The minimum atomic E-state index is -0.833. The molecule has 1 aliphatic heterocycles. The average molecular weight is 351 g/mol. The molecule has 2 N–H and O–H groups in total. The van der Waals surface area contributed by atoms with E-state index >= 15 is 0 Å². The number of benzene rings is 1. The van der Waals surface area contributed by atoms with Crippen molar-refractivity contribution in [3.05, 3.63) is 24.3 Å². The summed E-state index contributed by atoms with van der Waals surface area (Å²) in [7, 11) is 5.48. The molecule has 8 nitrogen and oxygen atoms in total. The number of hydrogen-bond donors (Lipinski definition) is 2. The first-order chi connectivity index (χ1) is 11.8. The van der Waals surface area contributed by atoms with E-state index in [1.807, 2.05) is 43.3 Å². The fraction of sp³-hybridized carbons (Fsp3) is 0.471. The number of anilines is 2. The smallest absolute Gasteiger partial charge is 0.300 e. The summed E-state index contributed by atoms with van der Waals surface area (Å²) in [6.45, 7) is 1.76. The van der Waals surface area contributed by atoms with Gasteiger partial charge in [-0.05, 0) is 24.3 Å². The number of imide groups is 1. The van der Waals surface area contributed by atoms with Crippen LogP contribution in [0.4, 0.5) is 11.4 Å². The number of amides is 2. The highest BCUT2D eigenvalue weighted by Crippen LogP contribution is 2.20. The van der Waals surface area contributed by atoms with Crippen molar-refractivity contribution in [3.8, 4) is 0 Å². The van der Waals surface area contributed by atoms with Crippen LogP contribution in [-0.2, 0) is 19.1 Å². The quantitative estimate of drug-likeness (QED) is 0.739. The summed E-state index contributed by atoms with van der Waals surface area (Å²) in [5, 5.41) is 10.5. The Hall–Kier alpha value is -2.61. The predicted molar refractivity (Wildman–Crippen MR) is 94.7 cm³/mol. The number of carbonyl (C=O) groups excluding carboxylic acids is 2. The van der Waals surface area contributed by atoms with Gasteiger partial charge in [-0.25, -0.2) is 0 Å². The van der Waals surface area contributed by atoms with Gasteiger partial charge in [-0.15, -0.1) is 0 Å². The summed E-state index contributed by atoms with van der Waals surface area (Å²) in [4.78, 5) is 36.3. The van der Waals surface area contributed by atoms with E-state index in [0.717, 1.165) is 18.3 Å². The SMILES string of the molecule is CC(=O)O.COCCN1C(=O)CC(Nc2ccc(N(C)C)cc2)C1=O. The molecule has 1 heterocycles. The summed E-state index contributed by atoms with van der Waals surface area (Å²) >= 11 is 0. The lowest BCUT2D eigenvalue weighted by molar-refractivity contribution is -0.139. The normalized spacial score (nSPS) is 16.3. The Labute approximate surface area is 147 Å². The molecule has 0 aliphatic carbocycles. The van der Waals surface area contributed by atoms with Crippen molar-refractivity contribution in [2.45, 2.75) is 19.4 Å². The van der Waals surface area contributed by atoms with Crippen LogP contribution in [0.2, 0.25) is 0 Å². The molecule has 0 aromatic heterocycles. The molecule has 1 fully saturated rings. The average Bonchev–Trinajstić information content (AvgIpc) is 2.79. The Kier molecular flexibility index (Phi) is 7.87. The zero-order valence-corrected chi connectivity index (χ0v) is 15.0. The fourth-order valence-electron chi connectivity index (χ4n) is 2.27. The minimum absolute atomic E-state index is 0.153. The molecule has 0 radical (unpaired) electrons. The fourth-order valence-corrected chi connectivity index (χ4v) is 2.27. The lowest BCUT2D eigenvalue weighted by Gasteiger charge is -2.16. The molecule has 0 bridgehead atoms. The van der Waals surface area contributed by atoms with E-state index in [0.29, 0.717) is 13.2 Å². The zero-order chi connectivity index (χ0) is 19.0. The van der Waals surface area contributed by atoms with Crippen molar-refractivity contribution in [1.29, 1.82) is 0 Å². The van der Waals surface area contributed by atoms with Crippen LogP contribution in [0.1, 0.15) is 13.3 Å². The van der Waals surface area contributed by atoms with Gasteiger partial charge in [0.05, 0.1) is 19.6 Å². The number of nitrogens with zero attached hydrogens (tertiary/aromatic N) is 2. The number of hydrogen-bond acceptors (Lipinski definition) is 6. The van der Waals surface area contributed by atoms with Crippen LogP contribution in [0.5, 0.6) is 0 Å². The van der Waals surface area contributed by atoms with Gasteiger partial charge < -0.3 is 20.1 Å². The molecular weight excluding hydrogens is 326 g/mol. The van der Waals surface area contributed by atoms with E-state index in [1.54, 1.807) is 7.11 Å². The maximum Gasteiger partial charge on any atom is 0.300 e. The van der Waals surface area contributed by atoms with Crippen LogP contribution in [0, 0.1) is 0 Å². The second kappa shape index (κ2) is 9.63. The van der Waals surface area contributed by atoms with Gasteiger partial charge in [-0.1, -0.05) is 0 Å². The number of rotatable bonds is 6. The molecule has 0 saturated carbocycles. The molecule has 25 heavy (non-hydrogen) atoms. The van der Waals surface area contributed by atoms with Gasteiger partial charge in [0.15, 0.2) is 0 Å². The van der Waals surface area contributed by atoms with Crippen molar-refractivity contribution in [1.82, 2.24) is 4.90 Å². The number of ether oxygens (including phenoxy) is 1. The number of likely N-dealkylation sites (tertiary alicyclic amines) is 1. The number of carboxylic acids is 1. The third kappa shape index (κ3) is 6.42. The third-order valence-corrected chi connectivity index (χ3v) is 3.49. The third-order valence-electron chi connectivity index (χ3n) is 3.49. The molecule has 2 rings (SSSR count). The first-order valence-electron chi connectivity index (χ1n) is 7.82. The highest BCUT2D eigenvalue weighted by Gasteiger charge is 2.38. The monoisotopic (exact) mass is 351 g/mol. The van der Waals surface area contributed by atoms with E-state index in [4.69, 9.17) is 14.6 Å². The predicted octanol–water partition coefficient (Wildman–Crippen LogP) is 1.03. The summed E-state index contributed by atoms with van der Waals surface area (Å²) in [5.74, 6) is -1.17. The highest BCUT2D eigenvalue weighted by atomic mass is 16.5. The van der Waals surface area contributed by atoms with Crippen molar-refractivity contribution < 1.29 is 24.2 Å². The topological polar surface area (TPSA) is 99.2 Å².